The first-order valence-electron chi connectivity index (χ1n) is 14.1. The van der Waals surface area contributed by atoms with Gasteiger partial charge in [0.25, 0.3) is 0 Å². The molecule has 1 aromatic carbocycles. The highest BCUT2D eigenvalue weighted by molar-refractivity contribution is 5.92. The van der Waals surface area contributed by atoms with Crippen LogP contribution in [0.5, 0.6) is 0 Å². The van der Waals surface area contributed by atoms with Gasteiger partial charge in [-0.25, -0.2) is 4.79 Å². The van der Waals surface area contributed by atoms with E-state index >= 15 is 0 Å². The van der Waals surface area contributed by atoms with E-state index in [0.29, 0.717) is 13.0 Å². The van der Waals surface area contributed by atoms with Crippen molar-refractivity contribution in [2.45, 2.75) is 124 Å². The molecule has 1 saturated carbocycles. The quantitative estimate of drug-likeness (QED) is 0.336. The molecular weight excluding hydrogens is 466 g/mol. The maximum absolute atomic E-state index is 14.3. The van der Waals surface area contributed by atoms with Crippen LogP contribution in [0.1, 0.15) is 109 Å². The number of rotatable bonds is 12. The average Bonchev–Trinajstić information content (AvgIpc) is 2.76. The monoisotopic (exact) mass is 515 g/mol. The van der Waals surface area contributed by atoms with Crippen LogP contribution in [-0.4, -0.2) is 47.0 Å². The van der Waals surface area contributed by atoms with E-state index in [4.69, 9.17) is 4.74 Å². The summed E-state index contributed by atoms with van der Waals surface area (Å²) in [5, 5.41) is 5.95. The zero-order chi connectivity index (χ0) is 27.8. The van der Waals surface area contributed by atoms with Gasteiger partial charge >= 0.3 is 6.09 Å². The van der Waals surface area contributed by atoms with Crippen LogP contribution in [-0.2, 0) is 14.3 Å². The van der Waals surface area contributed by atoms with Crippen molar-refractivity contribution < 1.29 is 19.1 Å². The highest BCUT2D eigenvalue weighted by atomic mass is 16.6. The lowest BCUT2D eigenvalue weighted by Crippen LogP contribution is -2.59. The van der Waals surface area contributed by atoms with Crippen molar-refractivity contribution in [3.05, 3.63) is 34.9 Å². The number of ether oxygens (including phenoxy) is 1. The van der Waals surface area contributed by atoms with E-state index in [1.54, 1.807) is 25.7 Å². The molecule has 208 valence electrons. The van der Waals surface area contributed by atoms with Crippen molar-refractivity contribution in [2.24, 2.45) is 5.92 Å². The second-order valence-electron chi connectivity index (χ2n) is 11.7. The molecule has 0 heterocycles. The summed E-state index contributed by atoms with van der Waals surface area (Å²) in [4.78, 5) is 42.6. The van der Waals surface area contributed by atoms with Crippen LogP contribution >= 0.6 is 0 Å². The van der Waals surface area contributed by atoms with E-state index in [-0.39, 0.29) is 23.8 Å². The third-order valence-corrected chi connectivity index (χ3v) is 7.04. The van der Waals surface area contributed by atoms with Gasteiger partial charge in [0.2, 0.25) is 11.8 Å². The summed E-state index contributed by atoms with van der Waals surface area (Å²) >= 11 is 0. The molecule has 1 aliphatic carbocycles. The van der Waals surface area contributed by atoms with Crippen molar-refractivity contribution >= 4 is 17.9 Å². The van der Waals surface area contributed by atoms with Crippen LogP contribution in [0.25, 0.3) is 0 Å². The molecule has 3 amide bonds. The number of amides is 3. The number of hydrogen-bond acceptors (Lipinski definition) is 4. The van der Waals surface area contributed by atoms with Crippen LogP contribution in [0.15, 0.2) is 18.2 Å². The summed E-state index contributed by atoms with van der Waals surface area (Å²) in [5.74, 6) is -0.519. The molecule has 1 aromatic rings. The number of nitrogens with one attached hydrogen (secondary N) is 2. The molecule has 1 aliphatic rings. The molecule has 7 heteroatoms. The van der Waals surface area contributed by atoms with E-state index in [1.165, 1.54) is 0 Å². The molecule has 0 saturated heterocycles. The number of nitrogens with zero attached hydrogens (tertiary/aromatic N) is 1. The molecule has 1 fully saturated rings. The number of unbranched alkanes of at least 4 members (excludes halogenated alkanes) is 2. The Morgan fingerprint density at radius 1 is 1.05 bits per heavy atom. The maximum Gasteiger partial charge on any atom is 0.408 e. The highest BCUT2D eigenvalue weighted by Gasteiger charge is 2.43. The number of alkyl carbamates (subject to hydrolysis) is 1. The van der Waals surface area contributed by atoms with Gasteiger partial charge in [-0.3, -0.25) is 9.59 Å². The van der Waals surface area contributed by atoms with Crippen molar-refractivity contribution in [1.29, 1.82) is 0 Å². The third-order valence-electron chi connectivity index (χ3n) is 7.04. The molecule has 3 unspecified atom stereocenters. The summed E-state index contributed by atoms with van der Waals surface area (Å²) in [6, 6.07) is 4.48. The van der Waals surface area contributed by atoms with Gasteiger partial charge in [0.05, 0.1) is 0 Å². The maximum atomic E-state index is 14.3. The molecule has 0 aromatic heterocycles. The normalized spacial score (nSPS) is 16.2. The number of carbonyl (C=O) groups is 3. The summed E-state index contributed by atoms with van der Waals surface area (Å²) in [6.07, 6.45) is 5.78. The zero-order valence-corrected chi connectivity index (χ0v) is 24.3. The summed E-state index contributed by atoms with van der Waals surface area (Å²) < 4.78 is 5.49. The molecular formula is C30H49N3O4. The first kappa shape index (κ1) is 30.7. The lowest BCUT2D eigenvalue weighted by molar-refractivity contribution is -0.148. The van der Waals surface area contributed by atoms with E-state index in [9.17, 15) is 14.4 Å². The van der Waals surface area contributed by atoms with Gasteiger partial charge in [-0.15, -0.1) is 0 Å². The first-order valence-corrected chi connectivity index (χ1v) is 14.1. The van der Waals surface area contributed by atoms with E-state index in [1.807, 2.05) is 39.8 Å². The van der Waals surface area contributed by atoms with Crippen molar-refractivity contribution in [2.75, 3.05) is 6.54 Å². The lowest BCUT2D eigenvalue weighted by atomic mass is 9.86. The molecule has 3 atom stereocenters. The summed E-state index contributed by atoms with van der Waals surface area (Å²) in [6.45, 7) is 16.1. The van der Waals surface area contributed by atoms with Crippen LogP contribution in [0.4, 0.5) is 4.79 Å². The lowest BCUT2D eigenvalue weighted by Gasteiger charge is -2.44. The Morgan fingerprint density at radius 3 is 2.16 bits per heavy atom. The van der Waals surface area contributed by atoms with E-state index in [0.717, 1.165) is 55.2 Å². The molecule has 2 rings (SSSR count). The molecule has 0 radical (unpaired) electrons. The van der Waals surface area contributed by atoms with Gasteiger partial charge in [-0.1, -0.05) is 69.4 Å². The van der Waals surface area contributed by atoms with E-state index < -0.39 is 23.8 Å². The van der Waals surface area contributed by atoms with Crippen molar-refractivity contribution in [1.82, 2.24) is 15.5 Å². The molecule has 37 heavy (non-hydrogen) atoms. The fourth-order valence-electron chi connectivity index (χ4n) is 4.75. The summed E-state index contributed by atoms with van der Waals surface area (Å²) in [5.41, 5.74) is 2.22. The standard InChI is InChI=1S/C30H49N3O4/c1-9-11-12-16-31-27(34)26(23-18-20(3)17-21(4)19-23)33(24-14-13-15-24)28(35)25(22(5)10-2)32-29(36)37-30(6,7)8/h17-19,22,24-26H,9-16H2,1-8H3,(H,31,34)(H,32,36). The molecule has 2 N–H and O–H groups in total. The van der Waals surface area contributed by atoms with Crippen LogP contribution in [0.2, 0.25) is 0 Å². The minimum atomic E-state index is -0.790. The third kappa shape index (κ3) is 9.04. The van der Waals surface area contributed by atoms with E-state index in [2.05, 4.69) is 23.6 Å². The zero-order valence-electron chi connectivity index (χ0n) is 24.3. The predicted octanol–water partition coefficient (Wildman–Crippen LogP) is 5.97. The second-order valence-corrected chi connectivity index (χ2v) is 11.7. The SMILES string of the molecule is CCCCCNC(=O)C(c1cc(C)cc(C)c1)N(C(=O)C(NC(=O)OC(C)(C)C)C(C)CC)C1CCC1. The second kappa shape index (κ2) is 13.8. The fraction of sp³-hybridized carbons (Fsp3) is 0.700. The van der Waals surface area contributed by atoms with Gasteiger partial charge in [-0.05, 0) is 71.8 Å². The van der Waals surface area contributed by atoms with Crippen LogP contribution in [0, 0.1) is 19.8 Å². The molecule has 0 aliphatic heterocycles. The van der Waals surface area contributed by atoms with Gasteiger partial charge in [0.1, 0.15) is 17.7 Å². The minimum absolute atomic E-state index is 0.0493. The van der Waals surface area contributed by atoms with Gasteiger partial charge < -0.3 is 20.3 Å². The van der Waals surface area contributed by atoms with Gasteiger partial charge in [0.15, 0.2) is 0 Å². The Kier molecular flexibility index (Phi) is 11.5. The number of hydrogen-bond donors (Lipinski definition) is 2. The minimum Gasteiger partial charge on any atom is -0.444 e. The molecule has 0 spiro atoms. The Bertz CT molecular complexity index is 900. The predicted molar refractivity (Wildman–Crippen MR) is 148 cm³/mol. The van der Waals surface area contributed by atoms with Crippen molar-refractivity contribution in [3.63, 3.8) is 0 Å². The smallest absolute Gasteiger partial charge is 0.408 e. The summed E-state index contributed by atoms with van der Waals surface area (Å²) in [7, 11) is 0. The number of benzene rings is 1. The van der Waals surface area contributed by atoms with Gasteiger partial charge in [0, 0.05) is 12.6 Å². The highest BCUT2D eigenvalue weighted by Crippen LogP contribution is 2.35. The molecule has 7 nitrogen and oxygen atoms in total. The van der Waals surface area contributed by atoms with Crippen LogP contribution < -0.4 is 10.6 Å². The van der Waals surface area contributed by atoms with Crippen LogP contribution in [0.3, 0.4) is 0 Å². The fourth-order valence-corrected chi connectivity index (χ4v) is 4.75. The van der Waals surface area contributed by atoms with Gasteiger partial charge in [-0.2, -0.15) is 0 Å². The largest absolute Gasteiger partial charge is 0.444 e. The number of aryl methyl sites for hydroxylation is 2. The molecule has 0 bridgehead atoms. The van der Waals surface area contributed by atoms with Crippen molar-refractivity contribution in [3.8, 4) is 0 Å². The average molecular weight is 516 g/mol. The Hall–Kier alpha value is -2.57. The Morgan fingerprint density at radius 2 is 1.68 bits per heavy atom. The Labute approximate surface area is 224 Å². The Balaban J connectivity index is 2.49. The number of carbonyl (C=O) groups excluding carboxylic acids is 3. The first-order chi connectivity index (χ1) is 17.4. The topological polar surface area (TPSA) is 87.7 Å².